The summed E-state index contributed by atoms with van der Waals surface area (Å²) in [5, 5.41) is 4.32. The van der Waals surface area contributed by atoms with Gasteiger partial charge in [0.1, 0.15) is 5.69 Å². The van der Waals surface area contributed by atoms with Crippen LogP contribution in [0.1, 0.15) is 40.2 Å². The third kappa shape index (κ3) is 3.78. The van der Waals surface area contributed by atoms with Gasteiger partial charge in [-0.1, -0.05) is 35.5 Å². The van der Waals surface area contributed by atoms with Crippen molar-refractivity contribution in [2.75, 3.05) is 18.0 Å². The maximum atomic E-state index is 12.0. The van der Waals surface area contributed by atoms with Gasteiger partial charge in [-0.3, -0.25) is 4.79 Å². The van der Waals surface area contributed by atoms with Gasteiger partial charge < -0.3 is 14.3 Å². The van der Waals surface area contributed by atoms with E-state index in [9.17, 15) is 4.79 Å². The molecular formula is C19H27N3O2. The van der Waals surface area contributed by atoms with E-state index in [4.69, 9.17) is 4.52 Å². The number of carbonyl (C=O) groups excluding carboxylic acids is 1. The van der Waals surface area contributed by atoms with Gasteiger partial charge in [-0.2, -0.15) is 0 Å². The van der Waals surface area contributed by atoms with Crippen LogP contribution in [0.25, 0.3) is 11.3 Å². The Labute approximate surface area is 144 Å². The van der Waals surface area contributed by atoms with Crippen LogP contribution in [-0.2, 0) is 11.3 Å². The monoisotopic (exact) mass is 329 g/mol. The molecule has 1 amide bonds. The highest BCUT2D eigenvalue weighted by Gasteiger charge is 2.25. The van der Waals surface area contributed by atoms with E-state index in [0.717, 1.165) is 35.8 Å². The molecule has 130 valence electrons. The zero-order chi connectivity index (χ0) is 17.7. The minimum atomic E-state index is 0.0516. The fourth-order valence-electron chi connectivity index (χ4n) is 2.85. The van der Waals surface area contributed by atoms with Gasteiger partial charge in [0, 0.05) is 31.6 Å². The second kappa shape index (κ2) is 7.99. The number of hydrogen-bond acceptors (Lipinski definition) is 4. The summed E-state index contributed by atoms with van der Waals surface area (Å²) in [6.07, 6.45) is 0. The van der Waals surface area contributed by atoms with Crippen LogP contribution in [0.2, 0.25) is 0 Å². The second-order valence-electron chi connectivity index (χ2n) is 6.09. The Bertz CT molecular complexity index is 661. The smallest absolute Gasteiger partial charge is 0.232 e. The van der Waals surface area contributed by atoms with E-state index in [1.807, 2.05) is 49.1 Å². The number of aromatic nitrogens is 1. The number of anilines is 1. The zero-order valence-corrected chi connectivity index (χ0v) is 15.2. The van der Waals surface area contributed by atoms with Crippen LogP contribution in [0.3, 0.4) is 0 Å². The molecule has 0 atom stereocenters. The highest BCUT2D eigenvalue weighted by Crippen LogP contribution is 2.32. The maximum Gasteiger partial charge on any atom is 0.232 e. The second-order valence-corrected chi connectivity index (χ2v) is 6.09. The molecule has 0 aliphatic heterocycles. The third-order valence-electron chi connectivity index (χ3n) is 4.22. The molecule has 1 heterocycles. The molecule has 0 aliphatic carbocycles. The minimum absolute atomic E-state index is 0.0516. The summed E-state index contributed by atoms with van der Waals surface area (Å²) in [6.45, 7) is 12.0. The third-order valence-corrected chi connectivity index (χ3v) is 4.22. The van der Waals surface area contributed by atoms with Gasteiger partial charge in [0.15, 0.2) is 0 Å². The molecule has 1 aromatic carbocycles. The van der Waals surface area contributed by atoms with E-state index < -0.39 is 0 Å². The van der Waals surface area contributed by atoms with Crippen LogP contribution in [0.4, 0.5) is 5.88 Å². The summed E-state index contributed by atoms with van der Waals surface area (Å²) in [5.41, 5.74) is 2.78. The number of hydrogen-bond donors (Lipinski definition) is 0. The molecule has 0 saturated carbocycles. The molecule has 0 spiro atoms. The van der Waals surface area contributed by atoms with Crippen LogP contribution in [-0.4, -0.2) is 35.1 Å². The molecule has 0 fully saturated rings. The van der Waals surface area contributed by atoms with E-state index in [1.165, 1.54) is 0 Å². The van der Waals surface area contributed by atoms with Crippen molar-refractivity contribution in [1.29, 1.82) is 0 Å². The van der Waals surface area contributed by atoms with Gasteiger partial charge in [-0.25, -0.2) is 0 Å². The van der Waals surface area contributed by atoms with Gasteiger partial charge in [0.05, 0.1) is 12.1 Å². The van der Waals surface area contributed by atoms with Gasteiger partial charge in [-0.05, 0) is 27.7 Å². The zero-order valence-electron chi connectivity index (χ0n) is 15.2. The normalized spacial score (nSPS) is 10.9. The van der Waals surface area contributed by atoms with Crippen LogP contribution in [0, 0.1) is 0 Å². The van der Waals surface area contributed by atoms with Gasteiger partial charge in [-0.15, -0.1) is 0 Å². The SMILES string of the molecule is CCN(CC)c1onc(-c2ccccc2)c1CN(C(C)=O)C(C)C. The summed E-state index contributed by atoms with van der Waals surface area (Å²) in [7, 11) is 0. The number of benzene rings is 1. The molecule has 5 nitrogen and oxygen atoms in total. The Morgan fingerprint density at radius 3 is 2.29 bits per heavy atom. The standard InChI is InChI=1S/C19H27N3O2/c1-6-21(7-2)19-17(13-22(14(3)4)15(5)23)18(20-24-19)16-11-9-8-10-12-16/h8-12,14H,6-7,13H2,1-5H3. The molecular weight excluding hydrogens is 302 g/mol. The first-order valence-electron chi connectivity index (χ1n) is 8.55. The molecule has 0 unspecified atom stereocenters. The van der Waals surface area contributed by atoms with Crippen molar-refractivity contribution >= 4 is 11.8 Å². The van der Waals surface area contributed by atoms with E-state index in [-0.39, 0.29) is 11.9 Å². The average molecular weight is 329 g/mol. The number of nitrogens with zero attached hydrogens (tertiary/aromatic N) is 3. The summed E-state index contributed by atoms with van der Waals surface area (Å²) in [4.78, 5) is 16.0. The first-order valence-corrected chi connectivity index (χ1v) is 8.55. The van der Waals surface area contributed by atoms with Crippen molar-refractivity contribution in [2.24, 2.45) is 0 Å². The van der Waals surface area contributed by atoms with Crippen molar-refractivity contribution in [3.63, 3.8) is 0 Å². The topological polar surface area (TPSA) is 49.6 Å². The number of amides is 1. The van der Waals surface area contributed by atoms with E-state index in [0.29, 0.717) is 6.54 Å². The summed E-state index contributed by atoms with van der Waals surface area (Å²) >= 11 is 0. The predicted molar refractivity (Wildman–Crippen MR) is 96.9 cm³/mol. The molecule has 0 N–H and O–H groups in total. The molecule has 2 aromatic rings. The fraction of sp³-hybridized carbons (Fsp3) is 0.474. The Hall–Kier alpha value is -2.30. The predicted octanol–water partition coefficient (Wildman–Crippen LogP) is 3.94. The highest BCUT2D eigenvalue weighted by molar-refractivity contribution is 5.75. The van der Waals surface area contributed by atoms with Crippen molar-refractivity contribution in [3.8, 4) is 11.3 Å². The van der Waals surface area contributed by atoms with Gasteiger partial charge in [0.2, 0.25) is 11.8 Å². The molecule has 0 aliphatic rings. The Kier molecular flexibility index (Phi) is 6.01. The van der Waals surface area contributed by atoms with Crippen LogP contribution in [0.15, 0.2) is 34.9 Å². The first-order chi connectivity index (χ1) is 11.5. The largest absolute Gasteiger partial charge is 0.341 e. The Morgan fingerprint density at radius 1 is 1.17 bits per heavy atom. The molecule has 24 heavy (non-hydrogen) atoms. The lowest BCUT2D eigenvalue weighted by Crippen LogP contribution is -2.35. The molecule has 5 heteroatoms. The lowest BCUT2D eigenvalue weighted by Gasteiger charge is -2.27. The summed E-state index contributed by atoms with van der Waals surface area (Å²) in [6, 6.07) is 10.1. The van der Waals surface area contributed by atoms with E-state index >= 15 is 0 Å². The highest BCUT2D eigenvalue weighted by atomic mass is 16.5. The summed E-state index contributed by atoms with van der Waals surface area (Å²) in [5.74, 6) is 0.807. The molecule has 2 rings (SSSR count). The van der Waals surface area contributed by atoms with Gasteiger partial charge in [0.25, 0.3) is 0 Å². The lowest BCUT2D eigenvalue weighted by atomic mass is 10.1. The molecule has 1 aromatic heterocycles. The minimum Gasteiger partial charge on any atom is -0.341 e. The van der Waals surface area contributed by atoms with Crippen molar-refractivity contribution in [1.82, 2.24) is 10.1 Å². The van der Waals surface area contributed by atoms with Gasteiger partial charge >= 0.3 is 0 Å². The van der Waals surface area contributed by atoms with Crippen molar-refractivity contribution < 1.29 is 9.32 Å². The Balaban J connectivity index is 2.51. The van der Waals surface area contributed by atoms with E-state index in [2.05, 4.69) is 23.9 Å². The first kappa shape index (κ1) is 18.0. The fourth-order valence-corrected chi connectivity index (χ4v) is 2.85. The average Bonchev–Trinajstić information content (AvgIpc) is 2.97. The Morgan fingerprint density at radius 2 is 1.79 bits per heavy atom. The van der Waals surface area contributed by atoms with Crippen LogP contribution in [0.5, 0.6) is 0 Å². The van der Waals surface area contributed by atoms with Crippen LogP contribution < -0.4 is 4.90 Å². The quantitative estimate of drug-likeness (QED) is 0.772. The number of rotatable bonds is 7. The number of carbonyl (C=O) groups is 1. The molecule has 0 radical (unpaired) electrons. The van der Waals surface area contributed by atoms with Crippen molar-refractivity contribution in [3.05, 3.63) is 35.9 Å². The van der Waals surface area contributed by atoms with Crippen molar-refractivity contribution in [2.45, 2.75) is 47.2 Å². The lowest BCUT2D eigenvalue weighted by molar-refractivity contribution is -0.131. The van der Waals surface area contributed by atoms with Crippen LogP contribution >= 0.6 is 0 Å². The molecule has 0 bridgehead atoms. The summed E-state index contributed by atoms with van der Waals surface area (Å²) < 4.78 is 5.69. The van der Waals surface area contributed by atoms with E-state index in [1.54, 1.807) is 6.92 Å². The maximum absolute atomic E-state index is 12.0. The molecule has 0 saturated heterocycles.